The molecule has 112 valence electrons. The van der Waals surface area contributed by atoms with Crippen molar-refractivity contribution in [1.29, 1.82) is 0 Å². The normalized spacial score (nSPS) is 12.9. The lowest BCUT2D eigenvalue weighted by atomic mass is 10.2. The Hall–Kier alpha value is -1.44. The number of benzene rings is 1. The molecule has 20 heavy (non-hydrogen) atoms. The standard InChI is InChI=1S/C13H20N2O4S/c1-10(8-14-2)9-15-20(17,18)12-6-4-11(5-7-12)13(16)19-3/h4-7,10,14-15H,8-9H2,1-3H3. The van der Waals surface area contributed by atoms with Crippen LogP contribution in [0.3, 0.4) is 0 Å². The lowest BCUT2D eigenvalue weighted by Crippen LogP contribution is -2.32. The number of sulfonamides is 1. The smallest absolute Gasteiger partial charge is 0.337 e. The summed E-state index contributed by atoms with van der Waals surface area (Å²) < 4.78 is 31.2. The summed E-state index contributed by atoms with van der Waals surface area (Å²) in [6.07, 6.45) is 0. The van der Waals surface area contributed by atoms with E-state index in [-0.39, 0.29) is 10.8 Å². The first-order chi connectivity index (χ1) is 9.40. The van der Waals surface area contributed by atoms with Crippen LogP contribution in [0, 0.1) is 5.92 Å². The van der Waals surface area contributed by atoms with Gasteiger partial charge in [0.25, 0.3) is 0 Å². The van der Waals surface area contributed by atoms with E-state index >= 15 is 0 Å². The predicted molar refractivity (Wildman–Crippen MR) is 76.1 cm³/mol. The Labute approximate surface area is 119 Å². The van der Waals surface area contributed by atoms with Crippen LogP contribution in [-0.2, 0) is 14.8 Å². The Kier molecular flexibility index (Phi) is 6.12. The molecule has 0 aliphatic carbocycles. The molecule has 0 radical (unpaired) electrons. The first kappa shape index (κ1) is 16.6. The van der Waals surface area contributed by atoms with Crippen LogP contribution in [0.25, 0.3) is 0 Å². The van der Waals surface area contributed by atoms with Gasteiger partial charge >= 0.3 is 5.97 Å². The zero-order chi connectivity index (χ0) is 15.2. The van der Waals surface area contributed by atoms with E-state index < -0.39 is 16.0 Å². The van der Waals surface area contributed by atoms with Gasteiger partial charge in [0.05, 0.1) is 17.6 Å². The van der Waals surface area contributed by atoms with Crippen LogP contribution in [0.5, 0.6) is 0 Å². The maximum absolute atomic E-state index is 12.0. The summed E-state index contributed by atoms with van der Waals surface area (Å²) >= 11 is 0. The molecule has 0 bridgehead atoms. The predicted octanol–water partition coefficient (Wildman–Crippen LogP) is 0.607. The van der Waals surface area contributed by atoms with E-state index in [0.29, 0.717) is 12.1 Å². The highest BCUT2D eigenvalue weighted by Gasteiger charge is 2.15. The lowest BCUT2D eigenvalue weighted by Gasteiger charge is -2.12. The van der Waals surface area contributed by atoms with Crippen molar-refractivity contribution >= 4 is 16.0 Å². The second-order valence-corrected chi connectivity index (χ2v) is 6.30. The zero-order valence-electron chi connectivity index (χ0n) is 11.8. The number of hydrogen-bond acceptors (Lipinski definition) is 5. The van der Waals surface area contributed by atoms with Crippen LogP contribution in [0.4, 0.5) is 0 Å². The molecule has 0 aromatic heterocycles. The number of methoxy groups -OCH3 is 1. The number of nitrogens with one attached hydrogen (secondary N) is 2. The molecule has 1 atom stereocenters. The molecule has 0 aliphatic heterocycles. The average molecular weight is 300 g/mol. The molecule has 1 aromatic rings. The maximum atomic E-state index is 12.0. The van der Waals surface area contributed by atoms with E-state index in [4.69, 9.17) is 0 Å². The van der Waals surface area contributed by atoms with Crippen molar-refractivity contribution in [2.75, 3.05) is 27.2 Å². The Morgan fingerprint density at radius 1 is 1.25 bits per heavy atom. The molecule has 0 aliphatic rings. The molecule has 0 amide bonds. The number of ether oxygens (including phenoxy) is 1. The molecular weight excluding hydrogens is 280 g/mol. The summed E-state index contributed by atoms with van der Waals surface area (Å²) in [4.78, 5) is 11.4. The van der Waals surface area contributed by atoms with Gasteiger partial charge in [-0.2, -0.15) is 0 Å². The van der Waals surface area contributed by atoms with Crippen molar-refractivity contribution in [2.45, 2.75) is 11.8 Å². The molecule has 0 spiro atoms. The quantitative estimate of drug-likeness (QED) is 0.721. The minimum Gasteiger partial charge on any atom is -0.465 e. The molecule has 1 rings (SSSR count). The summed E-state index contributed by atoms with van der Waals surface area (Å²) in [5, 5.41) is 2.98. The van der Waals surface area contributed by atoms with Gasteiger partial charge in [-0.15, -0.1) is 0 Å². The van der Waals surface area contributed by atoms with Gasteiger partial charge in [0.1, 0.15) is 0 Å². The van der Waals surface area contributed by atoms with Crippen molar-refractivity contribution in [1.82, 2.24) is 10.0 Å². The summed E-state index contributed by atoms with van der Waals surface area (Å²) in [7, 11) is -0.461. The van der Waals surface area contributed by atoms with E-state index in [2.05, 4.69) is 14.8 Å². The molecule has 2 N–H and O–H groups in total. The first-order valence-electron chi connectivity index (χ1n) is 6.23. The molecule has 7 heteroatoms. The van der Waals surface area contributed by atoms with Gasteiger partial charge in [-0.05, 0) is 43.8 Å². The topological polar surface area (TPSA) is 84.5 Å². The van der Waals surface area contributed by atoms with E-state index in [1.165, 1.54) is 31.4 Å². The lowest BCUT2D eigenvalue weighted by molar-refractivity contribution is 0.0600. The molecule has 0 saturated carbocycles. The molecule has 0 saturated heterocycles. The van der Waals surface area contributed by atoms with E-state index in [1.807, 2.05) is 14.0 Å². The van der Waals surface area contributed by atoms with Crippen molar-refractivity contribution in [3.8, 4) is 0 Å². The largest absolute Gasteiger partial charge is 0.465 e. The van der Waals surface area contributed by atoms with Crippen molar-refractivity contribution in [3.63, 3.8) is 0 Å². The number of rotatable bonds is 7. The Balaban J connectivity index is 2.75. The van der Waals surface area contributed by atoms with Crippen LogP contribution >= 0.6 is 0 Å². The summed E-state index contributed by atoms with van der Waals surface area (Å²) in [6.45, 7) is 3.02. The SMILES string of the molecule is CNCC(C)CNS(=O)(=O)c1ccc(C(=O)OC)cc1. The first-order valence-corrected chi connectivity index (χ1v) is 7.71. The number of carbonyl (C=O) groups excluding carboxylic acids is 1. The van der Waals surface area contributed by atoms with Crippen LogP contribution in [0.2, 0.25) is 0 Å². The minimum absolute atomic E-state index is 0.127. The van der Waals surface area contributed by atoms with E-state index in [9.17, 15) is 13.2 Å². The van der Waals surface area contributed by atoms with Gasteiger partial charge in [0.2, 0.25) is 10.0 Å². The molecule has 6 nitrogen and oxygen atoms in total. The van der Waals surface area contributed by atoms with Gasteiger partial charge < -0.3 is 10.1 Å². The third-order valence-electron chi connectivity index (χ3n) is 2.76. The van der Waals surface area contributed by atoms with Gasteiger partial charge in [-0.1, -0.05) is 6.92 Å². The zero-order valence-corrected chi connectivity index (χ0v) is 12.7. The maximum Gasteiger partial charge on any atom is 0.337 e. The van der Waals surface area contributed by atoms with Crippen molar-refractivity contribution in [3.05, 3.63) is 29.8 Å². The van der Waals surface area contributed by atoms with Crippen molar-refractivity contribution < 1.29 is 17.9 Å². The number of carbonyl (C=O) groups is 1. The molecule has 1 aromatic carbocycles. The second kappa shape index (κ2) is 7.37. The van der Waals surface area contributed by atoms with Gasteiger partial charge in [0, 0.05) is 6.54 Å². The monoisotopic (exact) mass is 300 g/mol. The molecule has 0 fully saturated rings. The van der Waals surface area contributed by atoms with E-state index in [1.54, 1.807) is 0 Å². The minimum atomic E-state index is -3.55. The summed E-state index contributed by atoms with van der Waals surface area (Å²) in [6, 6.07) is 5.63. The number of hydrogen-bond donors (Lipinski definition) is 2. The molecule has 1 unspecified atom stereocenters. The van der Waals surface area contributed by atoms with Gasteiger partial charge in [0.15, 0.2) is 0 Å². The highest BCUT2D eigenvalue weighted by molar-refractivity contribution is 7.89. The van der Waals surface area contributed by atoms with Crippen LogP contribution in [0.15, 0.2) is 29.2 Å². The fourth-order valence-corrected chi connectivity index (χ4v) is 2.81. The van der Waals surface area contributed by atoms with Gasteiger partial charge in [-0.3, -0.25) is 0 Å². The fraction of sp³-hybridized carbons (Fsp3) is 0.462. The molecule has 0 heterocycles. The average Bonchev–Trinajstić information content (AvgIpc) is 2.45. The Bertz CT molecular complexity index is 540. The third-order valence-corrected chi connectivity index (χ3v) is 4.20. The Morgan fingerprint density at radius 2 is 1.85 bits per heavy atom. The van der Waals surface area contributed by atoms with Crippen molar-refractivity contribution in [2.24, 2.45) is 5.92 Å². The summed E-state index contributed by atoms with van der Waals surface area (Å²) in [5.41, 5.74) is 0.315. The highest BCUT2D eigenvalue weighted by Crippen LogP contribution is 2.11. The van der Waals surface area contributed by atoms with Gasteiger partial charge in [-0.25, -0.2) is 17.9 Å². The Morgan fingerprint density at radius 3 is 2.35 bits per heavy atom. The number of esters is 1. The third kappa shape index (κ3) is 4.59. The van der Waals surface area contributed by atoms with E-state index in [0.717, 1.165) is 6.54 Å². The van der Waals surface area contributed by atoms with Crippen LogP contribution in [0.1, 0.15) is 17.3 Å². The molecular formula is C13H20N2O4S. The second-order valence-electron chi connectivity index (χ2n) is 4.53. The highest BCUT2D eigenvalue weighted by atomic mass is 32.2. The van der Waals surface area contributed by atoms with Crippen LogP contribution in [-0.4, -0.2) is 41.6 Å². The summed E-state index contributed by atoms with van der Waals surface area (Å²) in [5.74, 6) is -0.311. The van der Waals surface area contributed by atoms with Crippen LogP contribution < -0.4 is 10.0 Å². The fourth-order valence-electron chi connectivity index (χ4n) is 1.64.